The predicted molar refractivity (Wildman–Crippen MR) is 107 cm³/mol. The second-order valence-electron chi connectivity index (χ2n) is 6.77. The number of methoxy groups -OCH3 is 2. The van der Waals surface area contributed by atoms with Crippen LogP contribution < -0.4 is 14.8 Å². The Kier molecular flexibility index (Phi) is 5.01. The van der Waals surface area contributed by atoms with Gasteiger partial charge in [0.25, 0.3) is 0 Å². The van der Waals surface area contributed by atoms with Gasteiger partial charge in [-0.3, -0.25) is 0 Å². The highest BCUT2D eigenvalue weighted by atomic mass is 16.5. The van der Waals surface area contributed by atoms with Crippen LogP contribution in [-0.4, -0.2) is 30.5 Å². The predicted octanol–water partition coefficient (Wildman–Crippen LogP) is 4.23. The van der Waals surface area contributed by atoms with Crippen molar-refractivity contribution in [3.63, 3.8) is 0 Å². The highest BCUT2D eigenvalue weighted by Gasteiger charge is 2.22. The summed E-state index contributed by atoms with van der Waals surface area (Å²) in [6, 6.07) is 16.3. The molecule has 1 aromatic heterocycles. The molecule has 0 saturated carbocycles. The third-order valence-electron chi connectivity index (χ3n) is 5.06. The molecule has 1 N–H and O–H groups in total. The van der Waals surface area contributed by atoms with E-state index in [-0.39, 0.29) is 0 Å². The Labute approximate surface area is 159 Å². The number of anilines is 1. The van der Waals surface area contributed by atoms with Crippen molar-refractivity contribution in [3.8, 4) is 17.2 Å². The number of hydrogen-bond donors (Lipinski definition) is 1. The third kappa shape index (κ3) is 3.50. The van der Waals surface area contributed by atoms with Crippen molar-refractivity contribution in [2.24, 2.45) is 0 Å². The minimum absolute atomic E-state index is 0.802. The lowest BCUT2D eigenvalue weighted by molar-refractivity contribution is 0.412. The third-order valence-corrected chi connectivity index (χ3v) is 5.06. The molecule has 0 fully saturated rings. The second kappa shape index (κ2) is 7.74. The standard InChI is InChI=1S/C22H25N3O2/c1-26-17-12-10-16(11-13-17)15-19-18-7-5-6-14-23-22(18)25(24-19)20-8-3-4-9-21(20)27-2/h3-4,8-13,23H,5-7,14-15H2,1-2H3. The average molecular weight is 363 g/mol. The first-order valence-electron chi connectivity index (χ1n) is 9.41. The summed E-state index contributed by atoms with van der Waals surface area (Å²) in [6.45, 7) is 0.968. The first kappa shape index (κ1) is 17.5. The van der Waals surface area contributed by atoms with Crippen LogP contribution >= 0.6 is 0 Å². The Morgan fingerprint density at radius 2 is 1.81 bits per heavy atom. The highest BCUT2D eigenvalue weighted by molar-refractivity contribution is 5.58. The van der Waals surface area contributed by atoms with Crippen LogP contribution in [0.4, 0.5) is 5.82 Å². The van der Waals surface area contributed by atoms with Crippen LogP contribution in [0.1, 0.15) is 29.7 Å². The van der Waals surface area contributed by atoms with Crippen molar-refractivity contribution >= 4 is 5.82 Å². The van der Waals surface area contributed by atoms with Gasteiger partial charge in [-0.1, -0.05) is 24.3 Å². The summed E-state index contributed by atoms with van der Waals surface area (Å²) in [6.07, 6.45) is 4.19. The van der Waals surface area contributed by atoms with E-state index in [9.17, 15) is 0 Å². The largest absolute Gasteiger partial charge is 0.497 e. The fraction of sp³-hybridized carbons (Fsp3) is 0.318. The molecular weight excluding hydrogens is 338 g/mol. The van der Waals surface area contributed by atoms with Gasteiger partial charge in [0.15, 0.2) is 0 Å². The molecule has 5 nitrogen and oxygen atoms in total. The Morgan fingerprint density at radius 3 is 2.59 bits per heavy atom. The van der Waals surface area contributed by atoms with Gasteiger partial charge in [0.05, 0.1) is 19.9 Å². The van der Waals surface area contributed by atoms with Gasteiger partial charge in [0, 0.05) is 18.5 Å². The van der Waals surface area contributed by atoms with Crippen LogP contribution in [0.15, 0.2) is 48.5 Å². The Balaban J connectivity index is 1.76. The van der Waals surface area contributed by atoms with E-state index in [1.165, 1.54) is 24.0 Å². The normalized spacial score (nSPS) is 13.4. The number of ether oxygens (including phenoxy) is 2. The van der Waals surface area contributed by atoms with Crippen LogP contribution in [0.3, 0.4) is 0 Å². The smallest absolute Gasteiger partial charge is 0.144 e. The minimum atomic E-state index is 0.802. The highest BCUT2D eigenvalue weighted by Crippen LogP contribution is 2.32. The van der Waals surface area contributed by atoms with Crippen molar-refractivity contribution in [2.45, 2.75) is 25.7 Å². The molecule has 0 unspecified atom stereocenters. The maximum absolute atomic E-state index is 5.57. The topological polar surface area (TPSA) is 48.3 Å². The molecule has 2 aromatic carbocycles. The molecule has 5 heteroatoms. The van der Waals surface area contributed by atoms with Gasteiger partial charge >= 0.3 is 0 Å². The molecule has 27 heavy (non-hydrogen) atoms. The number of aromatic nitrogens is 2. The number of para-hydroxylation sites is 2. The van der Waals surface area contributed by atoms with E-state index in [0.717, 1.165) is 48.1 Å². The van der Waals surface area contributed by atoms with E-state index in [2.05, 4.69) is 23.5 Å². The van der Waals surface area contributed by atoms with E-state index in [4.69, 9.17) is 14.6 Å². The number of nitrogens with zero attached hydrogens (tertiary/aromatic N) is 2. The van der Waals surface area contributed by atoms with Crippen molar-refractivity contribution in [1.29, 1.82) is 0 Å². The molecule has 0 aliphatic carbocycles. The first-order chi connectivity index (χ1) is 13.3. The molecule has 1 aliphatic heterocycles. The SMILES string of the molecule is COc1ccc(Cc2nn(-c3ccccc3OC)c3c2CCCCN3)cc1. The lowest BCUT2D eigenvalue weighted by Gasteiger charge is -2.12. The van der Waals surface area contributed by atoms with E-state index in [1.54, 1.807) is 14.2 Å². The molecule has 3 aromatic rings. The molecule has 140 valence electrons. The number of fused-ring (bicyclic) bond motifs is 1. The van der Waals surface area contributed by atoms with Gasteiger partial charge in [0.1, 0.15) is 23.0 Å². The first-order valence-corrected chi connectivity index (χ1v) is 9.41. The van der Waals surface area contributed by atoms with Crippen LogP contribution in [0, 0.1) is 0 Å². The van der Waals surface area contributed by atoms with E-state index >= 15 is 0 Å². The summed E-state index contributed by atoms with van der Waals surface area (Å²) in [7, 11) is 3.39. The molecule has 0 spiro atoms. The molecular formula is C22H25N3O2. The van der Waals surface area contributed by atoms with Gasteiger partial charge in [-0.15, -0.1) is 0 Å². The maximum atomic E-state index is 5.57. The summed E-state index contributed by atoms with van der Waals surface area (Å²) in [5.41, 5.74) is 4.63. The zero-order valence-electron chi connectivity index (χ0n) is 15.9. The average Bonchev–Trinajstić information content (AvgIpc) is 2.89. The van der Waals surface area contributed by atoms with Gasteiger partial charge in [-0.05, 0) is 49.1 Å². The van der Waals surface area contributed by atoms with E-state index in [1.807, 2.05) is 35.0 Å². The summed E-state index contributed by atoms with van der Waals surface area (Å²) in [5.74, 6) is 2.80. The number of hydrogen-bond acceptors (Lipinski definition) is 4. The van der Waals surface area contributed by atoms with Crippen molar-refractivity contribution in [2.75, 3.05) is 26.1 Å². The van der Waals surface area contributed by atoms with E-state index < -0.39 is 0 Å². The summed E-state index contributed by atoms with van der Waals surface area (Å²) < 4.78 is 12.9. The van der Waals surface area contributed by atoms with Crippen molar-refractivity contribution in [1.82, 2.24) is 9.78 Å². The van der Waals surface area contributed by atoms with Gasteiger partial charge in [-0.2, -0.15) is 5.10 Å². The second-order valence-corrected chi connectivity index (χ2v) is 6.77. The zero-order chi connectivity index (χ0) is 18.6. The van der Waals surface area contributed by atoms with Gasteiger partial charge < -0.3 is 14.8 Å². The number of rotatable bonds is 5. The summed E-state index contributed by atoms with van der Waals surface area (Å²) in [5, 5.41) is 8.59. The minimum Gasteiger partial charge on any atom is -0.497 e. The van der Waals surface area contributed by atoms with Crippen LogP contribution in [0.25, 0.3) is 5.69 Å². The summed E-state index contributed by atoms with van der Waals surface area (Å²) >= 11 is 0. The molecule has 0 atom stereocenters. The quantitative estimate of drug-likeness (QED) is 0.737. The monoisotopic (exact) mass is 363 g/mol. The molecule has 2 heterocycles. The van der Waals surface area contributed by atoms with Crippen molar-refractivity contribution in [3.05, 3.63) is 65.4 Å². The molecule has 0 bridgehead atoms. The summed E-state index contributed by atoms with van der Waals surface area (Å²) in [4.78, 5) is 0. The van der Waals surface area contributed by atoms with Gasteiger partial charge in [0.2, 0.25) is 0 Å². The lowest BCUT2D eigenvalue weighted by Crippen LogP contribution is -2.08. The van der Waals surface area contributed by atoms with Crippen LogP contribution in [0.2, 0.25) is 0 Å². The molecule has 1 aliphatic rings. The molecule has 0 radical (unpaired) electrons. The molecule has 0 amide bonds. The molecule has 0 saturated heterocycles. The lowest BCUT2D eigenvalue weighted by atomic mass is 10.0. The fourth-order valence-electron chi connectivity index (χ4n) is 3.63. The maximum Gasteiger partial charge on any atom is 0.144 e. The van der Waals surface area contributed by atoms with Crippen molar-refractivity contribution < 1.29 is 9.47 Å². The Morgan fingerprint density at radius 1 is 1.00 bits per heavy atom. The van der Waals surface area contributed by atoms with E-state index in [0.29, 0.717) is 0 Å². The van der Waals surface area contributed by atoms with Crippen LogP contribution in [-0.2, 0) is 12.8 Å². The molecule has 4 rings (SSSR count). The fourth-order valence-corrected chi connectivity index (χ4v) is 3.63. The number of nitrogens with one attached hydrogen (secondary N) is 1. The number of benzene rings is 2. The van der Waals surface area contributed by atoms with Gasteiger partial charge in [-0.25, -0.2) is 4.68 Å². The Bertz CT molecular complexity index is 916. The zero-order valence-corrected chi connectivity index (χ0v) is 15.9. The Hall–Kier alpha value is -2.95. The van der Waals surface area contributed by atoms with Crippen LogP contribution in [0.5, 0.6) is 11.5 Å².